The van der Waals surface area contributed by atoms with Gasteiger partial charge in [0.05, 0.1) is 11.5 Å². The maximum Gasteiger partial charge on any atom is 0.224 e. The highest BCUT2D eigenvalue weighted by atomic mass is 32.2. The maximum atomic E-state index is 13.0. The summed E-state index contributed by atoms with van der Waals surface area (Å²) in [5.41, 5.74) is 0.160. The van der Waals surface area contributed by atoms with E-state index in [1.54, 1.807) is 0 Å². The Morgan fingerprint density at radius 2 is 2.05 bits per heavy atom. The van der Waals surface area contributed by atoms with E-state index in [0.717, 1.165) is 12.1 Å². The normalized spacial score (nSPS) is 21.4. The predicted octanol–water partition coefficient (Wildman–Crippen LogP) is 2.12. The van der Waals surface area contributed by atoms with Crippen LogP contribution >= 0.6 is 0 Å². The fraction of sp³-hybridized carbons (Fsp3) is 0.462. The first-order valence-electron chi connectivity index (χ1n) is 6.31. The molecule has 1 aliphatic heterocycles. The van der Waals surface area contributed by atoms with Crippen LogP contribution in [0.4, 0.5) is 14.5 Å². The third kappa shape index (κ3) is 4.00. The van der Waals surface area contributed by atoms with Crippen LogP contribution in [0.25, 0.3) is 0 Å². The topological polar surface area (TPSA) is 63.2 Å². The van der Waals surface area contributed by atoms with Crippen LogP contribution in [0.3, 0.4) is 0 Å². The molecule has 1 aromatic rings. The Morgan fingerprint density at radius 3 is 2.70 bits per heavy atom. The van der Waals surface area contributed by atoms with E-state index in [1.807, 2.05) is 0 Å². The van der Waals surface area contributed by atoms with Crippen LogP contribution in [0.5, 0.6) is 0 Å². The average Bonchev–Trinajstić information content (AvgIpc) is 2.32. The summed E-state index contributed by atoms with van der Waals surface area (Å²) in [4.78, 5) is 11.8. The Labute approximate surface area is 116 Å². The second kappa shape index (κ2) is 5.87. The lowest BCUT2D eigenvalue weighted by molar-refractivity contribution is -0.117. The van der Waals surface area contributed by atoms with E-state index in [2.05, 4.69) is 5.32 Å². The zero-order chi connectivity index (χ0) is 14.8. The minimum absolute atomic E-state index is 0.0121. The molecule has 1 unspecified atom stereocenters. The molecule has 1 aliphatic rings. The van der Waals surface area contributed by atoms with Gasteiger partial charge in [0.1, 0.15) is 0 Å². The van der Waals surface area contributed by atoms with Crippen molar-refractivity contribution in [3.63, 3.8) is 0 Å². The van der Waals surface area contributed by atoms with Crippen molar-refractivity contribution in [3.05, 3.63) is 29.8 Å². The van der Waals surface area contributed by atoms with Crippen LogP contribution in [-0.4, -0.2) is 25.8 Å². The fourth-order valence-corrected chi connectivity index (χ4v) is 4.10. The van der Waals surface area contributed by atoms with Gasteiger partial charge in [0.25, 0.3) is 0 Å². The van der Waals surface area contributed by atoms with Crippen LogP contribution in [0.2, 0.25) is 0 Å². The van der Waals surface area contributed by atoms with Crippen LogP contribution in [0.15, 0.2) is 18.2 Å². The van der Waals surface area contributed by atoms with Gasteiger partial charge >= 0.3 is 0 Å². The van der Waals surface area contributed by atoms with E-state index in [-0.39, 0.29) is 29.5 Å². The van der Waals surface area contributed by atoms with Crippen molar-refractivity contribution in [3.8, 4) is 0 Å². The first-order chi connectivity index (χ1) is 9.35. The monoisotopic (exact) mass is 303 g/mol. The first-order valence-corrected chi connectivity index (χ1v) is 8.13. The molecule has 1 N–H and O–H groups in total. The highest BCUT2D eigenvalue weighted by Crippen LogP contribution is 2.22. The van der Waals surface area contributed by atoms with Crippen molar-refractivity contribution in [1.82, 2.24) is 0 Å². The quantitative estimate of drug-likeness (QED) is 0.930. The molecule has 1 heterocycles. The molecule has 1 aromatic carbocycles. The molecule has 0 radical (unpaired) electrons. The summed E-state index contributed by atoms with van der Waals surface area (Å²) in [7, 11) is -3.05. The molecule has 110 valence electrons. The summed E-state index contributed by atoms with van der Waals surface area (Å²) >= 11 is 0. The van der Waals surface area contributed by atoms with E-state index in [9.17, 15) is 22.0 Å². The summed E-state index contributed by atoms with van der Waals surface area (Å²) in [5, 5.41) is 2.44. The molecule has 0 bridgehead atoms. The van der Waals surface area contributed by atoms with Crippen molar-refractivity contribution in [2.24, 2.45) is 5.92 Å². The van der Waals surface area contributed by atoms with Crippen LogP contribution < -0.4 is 5.32 Å². The Kier molecular flexibility index (Phi) is 4.37. The maximum absolute atomic E-state index is 13.0. The molecule has 1 saturated heterocycles. The Hall–Kier alpha value is -1.50. The number of hydrogen-bond donors (Lipinski definition) is 1. The number of amides is 1. The van der Waals surface area contributed by atoms with Crippen molar-refractivity contribution in [2.75, 3.05) is 16.8 Å². The summed E-state index contributed by atoms with van der Waals surface area (Å²) in [5.74, 6) is -2.44. The molecule has 0 spiro atoms. The summed E-state index contributed by atoms with van der Waals surface area (Å²) in [6, 6.07) is 3.08. The number of nitrogens with one attached hydrogen (secondary N) is 1. The van der Waals surface area contributed by atoms with Crippen molar-refractivity contribution >= 4 is 21.4 Å². The summed E-state index contributed by atoms with van der Waals surface area (Å²) < 4.78 is 48.6. The molecular formula is C13H15F2NO3S. The van der Waals surface area contributed by atoms with Crippen molar-refractivity contribution in [1.29, 1.82) is 0 Å². The minimum atomic E-state index is -3.05. The third-order valence-corrected chi connectivity index (χ3v) is 5.12. The SMILES string of the molecule is O=C(CC1CCCS(=O)(=O)C1)Nc1ccc(F)c(F)c1. The van der Waals surface area contributed by atoms with Gasteiger partial charge < -0.3 is 5.32 Å². The molecule has 1 fully saturated rings. The van der Waals surface area contributed by atoms with Gasteiger partial charge in [-0.25, -0.2) is 17.2 Å². The molecule has 1 atom stereocenters. The number of benzene rings is 1. The van der Waals surface area contributed by atoms with E-state index < -0.39 is 27.4 Å². The number of carbonyl (C=O) groups excluding carboxylic acids is 1. The summed E-state index contributed by atoms with van der Waals surface area (Å²) in [6.07, 6.45) is 1.31. The average molecular weight is 303 g/mol. The Balaban J connectivity index is 1.93. The molecule has 0 aliphatic carbocycles. The molecule has 2 rings (SSSR count). The second-order valence-electron chi connectivity index (χ2n) is 5.00. The van der Waals surface area contributed by atoms with Gasteiger partial charge in [0.15, 0.2) is 21.5 Å². The van der Waals surface area contributed by atoms with Crippen LogP contribution in [0.1, 0.15) is 19.3 Å². The van der Waals surface area contributed by atoms with E-state index in [4.69, 9.17) is 0 Å². The van der Waals surface area contributed by atoms with Gasteiger partial charge in [-0.2, -0.15) is 0 Å². The van der Waals surface area contributed by atoms with Crippen molar-refractivity contribution in [2.45, 2.75) is 19.3 Å². The number of sulfone groups is 1. The number of halogens is 2. The van der Waals surface area contributed by atoms with E-state index in [1.165, 1.54) is 6.07 Å². The molecule has 0 saturated carbocycles. The fourth-order valence-electron chi connectivity index (χ4n) is 2.33. The van der Waals surface area contributed by atoms with Gasteiger partial charge in [-0.3, -0.25) is 4.79 Å². The van der Waals surface area contributed by atoms with Gasteiger partial charge in [0.2, 0.25) is 5.91 Å². The molecule has 4 nitrogen and oxygen atoms in total. The molecule has 0 aromatic heterocycles. The number of rotatable bonds is 3. The van der Waals surface area contributed by atoms with Gasteiger partial charge in [-0.05, 0) is 30.9 Å². The summed E-state index contributed by atoms with van der Waals surface area (Å²) in [6.45, 7) is 0. The zero-order valence-electron chi connectivity index (χ0n) is 10.7. The second-order valence-corrected chi connectivity index (χ2v) is 7.23. The Morgan fingerprint density at radius 1 is 1.30 bits per heavy atom. The number of carbonyl (C=O) groups is 1. The van der Waals surface area contributed by atoms with E-state index >= 15 is 0 Å². The number of anilines is 1. The third-order valence-electron chi connectivity index (χ3n) is 3.23. The number of hydrogen-bond acceptors (Lipinski definition) is 3. The lowest BCUT2D eigenvalue weighted by Gasteiger charge is -2.21. The lowest BCUT2D eigenvalue weighted by atomic mass is 10.0. The lowest BCUT2D eigenvalue weighted by Crippen LogP contribution is -2.28. The standard InChI is InChI=1S/C13H15F2NO3S/c14-11-4-3-10(7-12(11)15)16-13(17)6-9-2-1-5-20(18,19)8-9/h3-4,7,9H,1-2,5-6,8H2,(H,16,17). The van der Waals surface area contributed by atoms with E-state index in [0.29, 0.717) is 12.8 Å². The first kappa shape index (κ1) is 14.9. The van der Waals surface area contributed by atoms with Gasteiger partial charge in [0, 0.05) is 18.2 Å². The molecular weight excluding hydrogens is 288 g/mol. The minimum Gasteiger partial charge on any atom is -0.326 e. The van der Waals surface area contributed by atoms with Crippen molar-refractivity contribution < 1.29 is 22.0 Å². The largest absolute Gasteiger partial charge is 0.326 e. The van der Waals surface area contributed by atoms with Crippen LogP contribution in [-0.2, 0) is 14.6 Å². The smallest absolute Gasteiger partial charge is 0.224 e. The highest BCUT2D eigenvalue weighted by molar-refractivity contribution is 7.91. The molecule has 1 amide bonds. The molecule has 7 heteroatoms. The van der Waals surface area contributed by atoms with Gasteiger partial charge in [-0.15, -0.1) is 0 Å². The van der Waals surface area contributed by atoms with Gasteiger partial charge in [-0.1, -0.05) is 0 Å². The van der Waals surface area contributed by atoms with Crippen LogP contribution in [0, 0.1) is 17.6 Å². The molecule has 20 heavy (non-hydrogen) atoms. The predicted molar refractivity (Wildman–Crippen MR) is 71.0 cm³/mol. The Bertz CT molecular complexity index is 616. The highest BCUT2D eigenvalue weighted by Gasteiger charge is 2.26. The zero-order valence-corrected chi connectivity index (χ0v) is 11.6.